The largest absolute Gasteiger partial charge is 0.350 e. The van der Waals surface area contributed by atoms with Crippen molar-refractivity contribution in [1.82, 2.24) is 10.2 Å². The van der Waals surface area contributed by atoms with E-state index < -0.39 is 39.9 Å². The zero-order chi connectivity index (χ0) is 28.1. The van der Waals surface area contributed by atoms with Gasteiger partial charge < -0.3 is 10.2 Å². The van der Waals surface area contributed by atoms with E-state index in [4.69, 9.17) is 0 Å². The summed E-state index contributed by atoms with van der Waals surface area (Å²) in [5.74, 6) is -1.49. The third kappa shape index (κ3) is 7.19. The first-order valence-electron chi connectivity index (χ1n) is 12.3. The highest BCUT2D eigenvalue weighted by Crippen LogP contribution is 2.25. The number of anilines is 1. The molecule has 3 rings (SSSR count). The number of amides is 2. The maximum absolute atomic E-state index is 13.9. The van der Waals surface area contributed by atoms with Crippen LogP contribution in [0.25, 0.3) is 0 Å². The molecule has 1 atom stereocenters. The molecule has 38 heavy (non-hydrogen) atoms. The minimum absolute atomic E-state index is 0.115. The first-order valence-corrected chi connectivity index (χ1v) is 13.7. The average molecular weight is 540 g/mol. The Morgan fingerprint density at radius 2 is 1.50 bits per heavy atom. The van der Waals surface area contributed by atoms with Crippen molar-refractivity contribution in [3.8, 4) is 0 Å². The topological polar surface area (TPSA) is 86.8 Å². The fraction of sp³-hybridized carbons (Fsp3) is 0.310. The van der Waals surface area contributed by atoms with Crippen LogP contribution in [0, 0.1) is 12.7 Å². The molecule has 9 heteroatoms. The number of nitrogens with one attached hydrogen (secondary N) is 1. The molecular weight excluding hydrogens is 505 g/mol. The summed E-state index contributed by atoms with van der Waals surface area (Å²) in [7, 11) is -4.24. The van der Waals surface area contributed by atoms with Crippen molar-refractivity contribution >= 4 is 27.5 Å². The zero-order valence-corrected chi connectivity index (χ0v) is 23.1. The number of hydrogen-bond donors (Lipinski definition) is 1. The van der Waals surface area contributed by atoms with Crippen LogP contribution in [-0.4, -0.2) is 43.3 Å². The Balaban J connectivity index is 2.02. The molecule has 0 spiro atoms. The summed E-state index contributed by atoms with van der Waals surface area (Å²) in [5, 5.41) is 2.90. The SMILES string of the molecule is Cc1ccccc1CN(C(=O)CN(c1ccccc1)S(=O)(=O)c1ccc(F)cc1)C(C)C(=O)NC(C)(C)C. The number of carbonyl (C=O) groups is 2. The molecule has 0 aliphatic heterocycles. The molecule has 0 saturated heterocycles. The lowest BCUT2D eigenvalue weighted by molar-refractivity contribution is -0.140. The third-order valence-electron chi connectivity index (χ3n) is 5.99. The molecule has 0 bridgehead atoms. The van der Waals surface area contributed by atoms with E-state index in [9.17, 15) is 22.4 Å². The molecule has 3 aromatic rings. The number of carbonyl (C=O) groups excluding carboxylic acids is 2. The van der Waals surface area contributed by atoms with Crippen molar-refractivity contribution in [2.45, 2.75) is 57.6 Å². The Morgan fingerprint density at radius 3 is 2.08 bits per heavy atom. The average Bonchev–Trinajstić information content (AvgIpc) is 2.86. The molecule has 0 heterocycles. The lowest BCUT2D eigenvalue weighted by Gasteiger charge is -2.33. The molecule has 7 nitrogen and oxygen atoms in total. The lowest BCUT2D eigenvalue weighted by atomic mass is 10.1. The molecule has 1 unspecified atom stereocenters. The minimum atomic E-state index is -4.24. The number of para-hydroxylation sites is 1. The molecule has 1 N–H and O–H groups in total. The molecule has 3 aromatic carbocycles. The van der Waals surface area contributed by atoms with E-state index in [1.165, 1.54) is 4.90 Å². The highest BCUT2D eigenvalue weighted by molar-refractivity contribution is 7.92. The summed E-state index contributed by atoms with van der Waals surface area (Å²) in [6, 6.07) is 19.3. The highest BCUT2D eigenvalue weighted by atomic mass is 32.2. The third-order valence-corrected chi connectivity index (χ3v) is 7.78. The summed E-state index contributed by atoms with van der Waals surface area (Å²) < 4.78 is 41.8. The van der Waals surface area contributed by atoms with Gasteiger partial charge in [-0.3, -0.25) is 13.9 Å². The van der Waals surface area contributed by atoms with E-state index in [1.54, 1.807) is 37.3 Å². The number of halogens is 1. The Morgan fingerprint density at radius 1 is 0.921 bits per heavy atom. The summed E-state index contributed by atoms with van der Waals surface area (Å²) in [4.78, 5) is 28.2. The van der Waals surface area contributed by atoms with Crippen LogP contribution in [-0.2, 0) is 26.2 Å². The first-order chi connectivity index (χ1) is 17.8. The predicted molar refractivity (Wildman–Crippen MR) is 146 cm³/mol. The fourth-order valence-electron chi connectivity index (χ4n) is 3.88. The van der Waals surface area contributed by atoms with Crippen molar-refractivity contribution in [3.05, 3.63) is 95.8 Å². The Bertz CT molecular complexity index is 1370. The summed E-state index contributed by atoms with van der Waals surface area (Å²) >= 11 is 0. The van der Waals surface area contributed by atoms with Crippen LogP contribution in [0.3, 0.4) is 0 Å². The van der Waals surface area contributed by atoms with Crippen LogP contribution >= 0.6 is 0 Å². The Kier molecular flexibility index (Phi) is 8.93. The van der Waals surface area contributed by atoms with Gasteiger partial charge in [0.15, 0.2) is 0 Å². The van der Waals surface area contributed by atoms with E-state index >= 15 is 0 Å². The second-order valence-corrected chi connectivity index (χ2v) is 12.0. The monoisotopic (exact) mass is 539 g/mol. The molecule has 0 saturated carbocycles. The van der Waals surface area contributed by atoms with Crippen LogP contribution < -0.4 is 9.62 Å². The van der Waals surface area contributed by atoms with Crippen LogP contribution in [0.2, 0.25) is 0 Å². The normalized spacial score (nSPS) is 12.5. The minimum Gasteiger partial charge on any atom is -0.350 e. The van der Waals surface area contributed by atoms with Gasteiger partial charge >= 0.3 is 0 Å². The first kappa shape index (κ1) is 28.8. The van der Waals surface area contributed by atoms with Gasteiger partial charge in [0.25, 0.3) is 10.0 Å². The number of sulfonamides is 1. The van der Waals surface area contributed by atoms with Crippen molar-refractivity contribution in [2.24, 2.45) is 0 Å². The molecule has 202 valence electrons. The zero-order valence-electron chi connectivity index (χ0n) is 22.3. The Hall–Kier alpha value is -3.72. The maximum atomic E-state index is 13.9. The standard InChI is InChI=1S/C29H34FN3O4S/c1-21-11-9-10-12-23(21)19-32(22(2)28(35)31-29(3,4)5)27(34)20-33(25-13-7-6-8-14-25)38(36,37)26-17-15-24(30)16-18-26/h6-18,22H,19-20H2,1-5H3,(H,31,35). The van der Waals surface area contributed by atoms with Crippen LogP contribution in [0.1, 0.15) is 38.8 Å². The number of rotatable bonds is 9. The van der Waals surface area contributed by atoms with E-state index in [0.29, 0.717) is 0 Å². The molecule has 0 fully saturated rings. The smallest absolute Gasteiger partial charge is 0.264 e. The van der Waals surface area contributed by atoms with Crippen molar-refractivity contribution < 1.29 is 22.4 Å². The molecule has 0 aliphatic rings. The summed E-state index contributed by atoms with van der Waals surface area (Å²) in [5.41, 5.74) is 1.52. The Labute approximate surface area is 224 Å². The van der Waals surface area contributed by atoms with Gasteiger partial charge in [-0.1, -0.05) is 42.5 Å². The van der Waals surface area contributed by atoms with Gasteiger partial charge in [-0.05, 0) is 82.1 Å². The number of hydrogen-bond acceptors (Lipinski definition) is 4. The quantitative estimate of drug-likeness (QED) is 0.429. The molecule has 0 aromatic heterocycles. The van der Waals surface area contributed by atoms with Gasteiger partial charge in [-0.15, -0.1) is 0 Å². The molecule has 0 radical (unpaired) electrons. The lowest BCUT2D eigenvalue weighted by Crippen LogP contribution is -2.54. The van der Waals surface area contributed by atoms with Gasteiger partial charge in [0.1, 0.15) is 18.4 Å². The van der Waals surface area contributed by atoms with Gasteiger partial charge in [-0.25, -0.2) is 12.8 Å². The fourth-order valence-corrected chi connectivity index (χ4v) is 5.30. The summed E-state index contributed by atoms with van der Waals surface area (Å²) in [6.07, 6.45) is 0. The number of benzene rings is 3. The van der Waals surface area contributed by atoms with Gasteiger partial charge in [0, 0.05) is 12.1 Å². The van der Waals surface area contributed by atoms with Gasteiger partial charge in [0.2, 0.25) is 11.8 Å². The van der Waals surface area contributed by atoms with Crippen molar-refractivity contribution in [1.29, 1.82) is 0 Å². The van der Waals surface area contributed by atoms with E-state index in [2.05, 4.69) is 5.32 Å². The van der Waals surface area contributed by atoms with Crippen molar-refractivity contribution in [3.63, 3.8) is 0 Å². The molecular formula is C29H34FN3O4S. The molecule has 2 amide bonds. The summed E-state index contributed by atoms with van der Waals surface area (Å²) in [6.45, 7) is 8.63. The maximum Gasteiger partial charge on any atom is 0.264 e. The van der Waals surface area contributed by atoms with Crippen LogP contribution in [0.15, 0.2) is 83.8 Å². The van der Waals surface area contributed by atoms with E-state index in [-0.39, 0.29) is 23.0 Å². The van der Waals surface area contributed by atoms with Crippen LogP contribution in [0.5, 0.6) is 0 Å². The highest BCUT2D eigenvalue weighted by Gasteiger charge is 2.33. The molecule has 0 aliphatic carbocycles. The second-order valence-electron chi connectivity index (χ2n) is 10.2. The van der Waals surface area contributed by atoms with E-state index in [0.717, 1.165) is 39.7 Å². The predicted octanol–water partition coefficient (Wildman–Crippen LogP) is 4.66. The number of aryl methyl sites for hydroxylation is 1. The second kappa shape index (κ2) is 11.8. The van der Waals surface area contributed by atoms with Gasteiger partial charge in [-0.2, -0.15) is 0 Å². The number of nitrogens with zero attached hydrogens (tertiary/aromatic N) is 2. The van der Waals surface area contributed by atoms with Gasteiger partial charge in [0.05, 0.1) is 10.6 Å². The van der Waals surface area contributed by atoms with Crippen LogP contribution in [0.4, 0.5) is 10.1 Å². The van der Waals surface area contributed by atoms with Crippen molar-refractivity contribution in [2.75, 3.05) is 10.8 Å². The van der Waals surface area contributed by atoms with E-state index in [1.807, 2.05) is 52.0 Å².